The van der Waals surface area contributed by atoms with Crippen molar-refractivity contribution in [3.8, 4) is 11.5 Å². The van der Waals surface area contributed by atoms with E-state index in [-0.39, 0.29) is 32.3 Å². The van der Waals surface area contributed by atoms with Gasteiger partial charge in [0.25, 0.3) is 5.91 Å². The molecule has 0 spiro atoms. The van der Waals surface area contributed by atoms with Crippen molar-refractivity contribution in [2.45, 2.75) is 56.3 Å². The SMILES string of the molecule is COCCCN1C(=O)COc2ccc(CO[C@H]3C(C)N(C(=O)OCc4ccccc4)C[C@@H](OC(c4ccccc4)(c4ccccc4)c4ccccc4)[C@H]3c3ccc(OC)cc3)cc21. The highest BCUT2D eigenvalue weighted by molar-refractivity contribution is 5.97. The molecule has 10 nitrogen and oxygen atoms in total. The predicted molar refractivity (Wildman–Crippen MR) is 242 cm³/mol. The number of nitrogens with zero attached hydrogens (tertiary/aromatic N) is 2. The van der Waals surface area contributed by atoms with Gasteiger partial charge < -0.3 is 38.2 Å². The van der Waals surface area contributed by atoms with Gasteiger partial charge in [-0.25, -0.2) is 4.79 Å². The Morgan fingerprint density at radius 3 is 1.92 bits per heavy atom. The lowest BCUT2D eigenvalue weighted by Crippen LogP contribution is -2.60. The molecule has 2 aliphatic rings. The zero-order valence-corrected chi connectivity index (χ0v) is 36.0. The van der Waals surface area contributed by atoms with Crippen LogP contribution in [0.4, 0.5) is 10.5 Å². The number of methoxy groups -OCH3 is 2. The third-order valence-electron chi connectivity index (χ3n) is 12.0. The highest BCUT2D eigenvalue weighted by atomic mass is 16.6. The van der Waals surface area contributed by atoms with E-state index in [0.29, 0.717) is 31.0 Å². The number of amides is 2. The average molecular weight is 847 g/mol. The fourth-order valence-corrected chi connectivity index (χ4v) is 8.88. The Labute approximate surface area is 369 Å². The molecule has 2 amide bonds. The molecule has 63 heavy (non-hydrogen) atoms. The Morgan fingerprint density at radius 1 is 0.730 bits per heavy atom. The summed E-state index contributed by atoms with van der Waals surface area (Å²) in [5.41, 5.74) is 5.08. The van der Waals surface area contributed by atoms with Gasteiger partial charge in [0.1, 0.15) is 23.7 Å². The first kappa shape index (κ1) is 43.2. The summed E-state index contributed by atoms with van der Waals surface area (Å²) in [5, 5.41) is 0. The number of rotatable bonds is 16. The van der Waals surface area contributed by atoms with Crippen LogP contribution in [0.5, 0.6) is 11.5 Å². The third kappa shape index (κ3) is 9.49. The molecule has 0 bridgehead atoms. The van der Waals surface area contributed by atoms with Crippen LogP contribution in [0.2, 0.25) is 0 Å². The number of carbonyl (C=O) groups is 2. The Bertz CT molecular complexity index is 2300. The number of benzene rings is 6. The van der Waals surface area contributed by atoms with Crippen LogP contribution in [-0.4, -0.2) is 75.7 Å². The van der Waals surface area contributed by atoms with E-state index in [0.717, 1.165) is 39.1 Å². The van der Waals surface area contributed by atoms with Crippen LogP contribution in [-0.2, 0) is 42.6 Å². The van der Waals surface area contributed by atoms with E-state index in [2.05, 4.69) is 48.5 Å². The van der Waals surface area contributed by atoms with E-state index in [9.17, 15) is 9.59 Å². The van der Waals surface area contributed by atoms with Gasteiger partial charge in [0.15, 0.2) is 6.61 Å². The zero-order valence-electron chi connectivity index (χ0n) is 36.0. The lowest BCUT2D eigenvalue weighted by Gasteiger charge is -2.50. The smallest absolute Gasteiger partial charge is 0.410 e. The first-order valence-corrected chi connectivity index (χ1v) is 21.5. The van der Waals surface area contributed by atoms with Crippen molar-refractivity contribution in [2.24, 2.45) is 0 Å². The first-order valence-electron chi connectivity index (χ1n) is 21.5. The number of piperidine rings is 1. The van der Waals surface area contributed by atoms with E-state index in [1.54, 1.807) is 24.0 Å². The second-order valence-electron chi connectivity index (χ2n) is 15.9. The van der Waals surface area contributed by atoms with Crippen LogP contribution < -0.4 is 14.4 Å². The molecule has 1 unspecified atom stereocenters. The van der Waals surface area contributed by atoms with Crippen LogP contribution in [0.25, 0.3) is 0 Å². The van der Waals surface area contributed by atoms with Crippen LogP contribution in [0, 0.1) is 0 Å². The first-order chi connectivity index (χ1) is 30.9. The summed E-state index contributed by atoms with van der Waals surface area (Å²) >= 11 is 0. The molecule has 0 aliphatic carbocycles. The van der Waals surface area contributed by atoms with Gasteiger partial charge in [-0.15, -0.1) is 0 Å². The average Bonchev–Trinajstić information content (AvgIpc) is 3.34. The number of anilines is 1. The Hall–Kier alpha value is -6.46. The summed E-state index contributed by atoms with van der Waals surface area (Å²) in [6.45, 7) is 3.51. The van der Waals surface area contributed by atoms with E-state index < -0.39 is 35.9 Å². The maximum Gasteiger partial charge on any atom is 0.410 e. The molecular formula is C53H54N2O8. The van der Waals surface area contributed by atoms with Crippen molar-refractivity contribution < 1.29 is 38.0 Å². The Balaban J connectivity index is 1.23. The van der Waals surface area contributed by atoms with Gasteiger partial charge >= 0.3 is 6.09 Å². The monoisotopic (exact) mass is 846 g/mol. The molecule has 0 N–H and O–H groups in total. The number of hydrogen-bond acceptors (Lipinski definition) is 8. The molecule has 324 valence electrons. The van der Waals surface area contributed by atoms with Gasteiger partial charge in [-0.3, -0.25) is 4.79 Å². The summed E-state index contributed by atoms with van der Waals surface area (Å²) < 4.78 is 37.8. The van der Waals surface area contributed by atoms with Gasteiger partial charge in [0, 0.05) is 26.2 Å². The largest absolute Gasteiger partial charge is 0.497 e. The maximum absolute atomic E-state index is 14.5. The molecule has 0 aromatic heterocycles. The third-order valence-corrected chi connectivity index (χ3v) is 12.0. The van der Waals surface area contributed by atoms with Crippen LogP contribution in [0.15, 0.2) is 164 Å². The van der Waals surface area contributed by atoms with Crippen molar-refractivity contribution in [1.29, 1.82) is 0 Å². The normalized spacial score (nSPS) is 18.6. The van der Waals surface area contributed by atoms with Crippen molar-refractivity contribution >= 4 is 17.7 Å². The quantitative estimate of drug-likeness (QED) is 0.0703. The lowest BCUT2D eigenvalue weighted by molar-refractivity contribution is -0.144. The highest BCUT2D eigenvalue weighted by Gasteiger charge is 2.50. The minimum atomic E-state index is -1.11. The fraction of sp³-hybridized carbons (Fsp3) is 0.283. The minimum Gasteiger partial charge on any atom is -0.497 e. The summed E-state index contributed by atoms with van der Waals surface area (Å²) in [7, 11) is 3.30. The van der Waals surface area contributed by atoms with Crippen LogP contribution in [0.1, 0.15) is 52.6 Å². The standard InChI is InChI=1S/C53H54N2O8/c1-38-51(61-36-40-25-30-47-46(33-40)54(31-16-32-58-2)49(56)37-60-47)50(41-26-28-45(59-3)29-27-41)48(34-55(38)52(57)62-35-39-17-8-4-9-18-39)63-53(42-19-10-5-11-20-42,43-21-12-6-13-22-43)44-23-14-7-15-24-44/h4-15,17-30,33,38,48,50-51H,16,31-32,34-37H2,1-3H3/t38?,48-,50-,51+/m1/s1. The van der Waals surface area contributed by atoms with Gasteiger partial charge in [-0.2, -0.15) is 0 Å². The predicted octanol–water partition coefficient (Wildman–Crippen LogP) is 9.54. The summed E-state index contributed by atoms with van der Waals surface area (Å²) in [6.07, 6.45) is -1.04. The van der Waals surface area contributed by atoms with Gasteiger partial charge in [-0.1, -0.05) is 140 Å². The maximum atomic E-state index is 14.5. The van der Waals surface area contributed by atoms with Crippen LogP contribution >= 0.6 is 0 Å². The number of hydrogen-bond donors (Lipinski definition) is 0. The molecule has 8 rings (SSSR count). The molecule has 2 heterocycles. The van der Waals surface area contributed by atoms with E-state index in [1.165, 1.54) is 0 Å². The molecule has 10 heteroatoms. The molecule has 4 atom stereocenters. The number of ether oxygens (including phenoxy) is 6. The van der Waals surface area contributed by atoms with E-state index in [1.807, 2.05) is 122 Å². The second kappa shape index (κ2) is 20.2. The fourth-order valence-electron chi connectivity index (χ4n) is 8.88. The van der Waals surface area contributed by atoms with Crippen LogP contribution in [0.3, 0.4) is 0 Å². The van der Waals surface area contributed by atoms with Gasteiger partial charge in [0.2, 0.25) is 0 Å². The van der Waals surface area contributed by atoms with Crippen molar-refractivity contribution in [3.63, 3.8) is 0 Å². The molecule has 1 saturated heterocycles. The number of carbonyl (C=O) groups excluding carboxylic acids is 2. The molecular weight excluding hydrogens is 793 g/mol. The summed E-state index contributed by atoms with van der Waals surface area (Å²) in [4.78, 5) is 31.1. The summed E-state index contributed by atoms with van der Waals surface area (Å²) in [6, 6.07) is 53.8. The molecule has 6 aromatic rings. The Morgan fingerprint density at radius 2 is 1.33 bits per heavy atom. The van der Waals surface area contributed by atoms with Crippen molar-refractivity contribution in [3.05, 3.63) is 197 Å². The summed E-state index contributed by atoms with van der Waals surface area (Å²) in [5.74, 6) is 0.850. The van der Waals surface area contributed by atoms with Gasteiger partial charge in [0.05, 0.1) is 44.2 Å². The number of likely N-dealkylation sites (tertiary alicyclic amines) is 1. The topological polar surface area (TPSA) is 96.0 Å². The van der Waals surface area contributed by atoms with E-state index in [4.69, 9.17) is 28.4 Å². The second-order valence-corrected chi connectivity index (χ2v) is 15.9. The lowest BCUT2D eigenvalue weighted by atomic mass is 9.77. The molecule has 2 aliphatic heterocycles. The molecule has 1 fully saturated rings. The molecule has 0 saturated carbocycles. The molecule has 6 aromatic carbocycles. The Kier molecular flexibility index (Phi) is 13.8. The van der Waals surface area contributed by atoms with Gasteiger partial charge in [-0.05, 0) is 71.0 Å². The number of fused-ring (bicyclic) bond motifs is 1. The van der Waals surface area contributed by atoms with E-state index >= 15 is 0 Å². The minimum absolute atomic E-state index is 0.0208. The molecule has 0 radical (unpaired) electrons. The van der Waals surface area contributed by atoms with Crippen molar-refractivity contribution in [2.75, 3.05) is 45.4 Å². The van der Waals surface area contributed by atoms with Crippen molar-refractivity contribution in [1.82, 2.24) is 4.90 Å². The zero-order chi connectivity index (χ0) is 43.6. The highest BCUT2D eigenvalue weighted by Crippen LogP contribution is 2.47.